The van der Waals surface area contributed by atoms with Crippen LogP contribution in [0.1, 0.15) is 108 Å². The molecule has 10 heteroatoms. The van der Waals surface area contributed by atoms with Gasteiger partial charge in [0, 0.05) is 25.2 Å². The number of hydrogen-bond acceptors (Lipinski definition) is 6. The average Bonchev–Trinajstić information content (AvgIpc) is 3.46. The van der Waals surface area contributed by atoms with Gasteiger partial charge in [0.1, 0.15) is 6.04 Å². The summed E-state index contributed by atoms with van der Waals surface area (Å²) in [5, 5.41) is 14.9. The van der Waals surface area contributed by atoms with Crippen LogP contribution in [0.3, 0.4) is 0 Å². The molecular formula is C35H67N5O5. The Morgan fingerprint density at radius 2 is 1.51 bits per heavy atom. The summed E-state index contributed by atoms with van der Waals surface area (Å²) in [5.74, 6) is 0.113. The van der Waals surface area contributed by atoms with Crippen LogP contribution in [0, 0.1) is 17.3 Å². The Labute approximate surface area is 274 Å². The number of aliphatic hydroxyl groups is 1. The zero-order valence-electron chi connectivity index (χ0n) is 30.6. The van der Waals surface area contributed by atoms with E-state index in [4.69, 9.17) is 0 Å². The summed E-state index contributed by atoms with van der Waals surface area (Å²) in [7, 11) is 1.64. The molecule has 0 aliphatic carbocycles. The minimum absolute atomic E-state index is 0.0395. The van der Waals surface area contributed by atoms with E-state index >= 15 is 0 Å². The van der Waals surface area contributed by atoms with Crippen molar-refractivity contribution in [1.29, 1.82) is 0 Å². The fraction of sp³-hybridized carbons (Fsp3) is 0.829. The molecule has 2 fully saturated rings. The van der Waals surface area contributed by atoms with E-state index < -0.39 is 12.1 Å². The highest BCUT2D eigenvalue weighted by Crippen LogP contribution is 2.24. The number of nitrogens with one attached hydrogen (secondary N) is 2. The number of hydrogen-bond donors (Lipinski definition) is 3. The van der Waals surface area contributed by atoms with Crippen molar-refractivity contribution < 1.29 is 24.3 Å². The van der Waals surface area contributed by atoms with Gasteiger partial charge in [-0.2, -0.15) is 0 Å². The average molecular weight is 638 g/mol. The van der Waals surface area contributed by atoms with Gasteiger partial charge in [-0.25, -0.2) is 0 Å². The molecule has 0 aromatic rings. The van der Waals surface area contributed by atoms with Crippen LogP contribution in [-0.2, 0) is 19.2 Å². The van der Waals surface area contributed by atoms with Crippen molar-refractivity contribution in [3.8, 4) is 0 Å². The lowest BCUT2D eigenvalue weighted by molar-refractivity contribution is -0.136. The molecule has 2 heterocycles. The van der Waals surface area contributed by atoms with Gasteiger partial charge in [-0.05, 0) is 76.8 Å². The Morgan fingerprint density at radius 1 is 0.956 bits per heavy atom. The molecule has 0 radical (unpaired) electrons. The van der Waals surface area contributed by atoms with Crippen molar-refractivity contribution in [2.75, 3.05) is 39.8 Å². The molecule has 0 bridgehead atoms. The zero-order valence-corrected chi connectivity index (χ0v) is 30.6. The quantitative estimate of drug-likeness (QED) is 0.230. The molecule has 0 spiro atoms. The number of carbonyl (C=O) groups excluding carboxylic acids is 4. The van der Waals surface area contributed by atoms with Crippen molar-refractivity contribution >= 4 is 24.1 Å². The standard InChI is InChI=1S/C23H40N4O5.C8H17N.C4H10/c1-15(2)18(26(7)20(30)12-24-14-29)11-16(3)22(32)27-10-8-9-17(27)21(31)25-19(13-28)23(4,5)6;1-8(2)9-6-4-3-5-7-9;1-4(2)3/h11,14-15,17-19,28H,8-10,12-13H2,1-7H3,(H,24,29)(H,25,31);8H,3-7H2,1-2H3;4H,1-3H3/b16-11+;;/t17-,18+,19?;;/m0../s1. The van der Waals surface area contributed by atoms with Gasteiger partial charge < -0.3 is 30.4 Å². The molecule has 0 aromatic heterocycles. The smallest absolute Gasteiger partial charge is 0.249 e. The SMILES string of the molecule is C/C(=C\[C@H](C(C)C)N(C)C(=O)CNC=O)C(=O)N1CCC[C@H]1C(=O)NC(CO)C(C)(C)C.CC(C)C.CC(C)N1CCCCC1. The van der Waals surface area contributed by atoms with E-state index in [-0.39, 0.29) is 48.2 Å². The van der Waals surface area contributed by atoms with Gasteiger partial charge in [-0.1, -0.05) is 67.9 Å². The van der Waals surface area contributed by atoms with Crippen LogP contribution in [0.25, 0.3) is 0 Å². The van der Waals surface area contributed by atoms with Crippen molar-refractivity contribution in [3.63, 3.8) is 0 Å². The maximum absolute atomic E-state index is 13.2. The van der Waals surface area contributed by atoms with Gasteiger partial charge >= 0.3 is 0 Å². The normalized spacial score (nSPS) is 18.8. The predicted molar refractivity (Wildman–Crippen MR) is 183 cm³/mol. The first-order chi connectivity index (χ1) is 20.9. The number of aliphatic hydroxyl groups excluding tert-OH is 1. The molecule has 3 atom stereocenters. The maximum Gasteiger partial charge on any atom is 0.249 e. The maximum atomic E-state index is 13.2. The summed E-state index contributed by atoms with van der Waals surface area (Å²) in [6, 6.07) is -0.565. The van der Waals surface area contributed by atoms with Crippen molar-refractivity contribution in [1.82, 2.24) is 25.3 Å². The van der Waals surface area contributed by atoms with E-state index in [1.807, 2.05) is 34.6 Å². The number of amides is 4. The zero-order chi connectivity index (χ0) is 34.9. The third-order valence-corrected chi connectivity index (χ3v) is 8.10. The van der Waals surface area contributed by atoms with Crippen molar-refractivity contribution in [2.45, 2.75) is 132 Å². The number of rotatable bonds is 11. The molecule has 3 N–H and O–H groups in total. The first-order valence-electron chi connectivity index (χ1n) is 17.0. The highest BCUT2D eigenvalue weighted by Gasteiger charge is 2.37. The van der Waals surface area contributed by atoms with Crippen LogP contribution in [0.15, 0.2) is 11.6 Å². The lowest BCUT2D eigenvalue weighted by Gasteiger charge is -2.33. The summed E-state index contributed by atoms with van der Waals surface area (Å²) in [6.45, 7) is 25.3. The van der Waals surface area contributed by atoms with Gasteiger partial charge in [0.15, 0.2) is 0 Å². The van der Waals surface area contributed by atoms with Gasteiger partial charge in [0.05, 0.1) is 25.2 Å². The first-order valence-corrected chi connectivity index (χ1v) is 17.0. The van der Waals surface area contributed by atoms with E-state index in [1.165, 1.54) is 37.3 Å². The Kier molecular flexibility index (Phi) is 20.2. The second kappa shape index (κ2) is 21.4. The van der Waals surface area contributed by atoms with E-state index in [1.54, 1.807) is 24.9 Å². The highest BCUT2D eigenvalue weighted by atomic mass is 16.3. The third kappa shape index (κ3) is 16.1. The molecule has 10 nitrogen and oxygen atoms in total. The Balaban J connectivity index is 0.00000123. The van der Waals surface area contributed by atoms with Crippen LogP contribution in [0.4, 0.5) is 0 Å². The predicted octanol–water partition coefficient (Wildman–Crippen LogP) is 4.22. The molecule has 262 valence electrons. The van der Waals surface area contributed by atoms with E-state index in [2.05, 4.69) is 50.2 Å². The summed E-state index contributed by atoms with van der Waals surface area (Å²) < 4.78 is 0. The Bertz CT molecular complexity index is 919. The van der Waals surface area contributed by atoms with Gasteiger partial charge in [0.2, 0.25) is 24.1 Å². The largest absolute Gasteiger partial charge is 0.394 e. The second-order valence-electron chi connectivity index (χ2n) is 14.8. The molecule has 0 saturated carbocycles. The minimum atomic E-state index is -0.587. The van der Waals surface area contributed by atoms with Crippen molar-refractivity contribution in [3.05, 3.63) is 11.6 Å². The molecule has 2 saturated heterocycles. The third-order valence-electron chi connectivity index (χ3n) is 8.10. The van der Waals surface area contributed by atoms with Gasteiger partial charge in [-0.15, -0.1) is 0 Å². The molecular weight excluding hydrogens is 570 g/mol. The summed E-state index contributed by atoms with van der Waals surface area (Å²) in [6.07, 6.45) is 7.79. The number of carbonyl (C=O) groups is 4. The number of nitrogens with zero attached hydrogens (tertiary/aromatic N) is 3. The van der Waals surface area contributed by atoms with Crippen molar-refractivity contribution in [2.24, 2.45) is 17.3 Å². The van der Waals surface area contributed by atoms with E-state index in [0.717, 1.165) is 18.4 Å². The lowest BCUT2D eigenvalue weighted by Crippen LogP contribution is -2.53. The fourth-order valence-electron chi connectivity index (χ4n) is 5.25. The lowest BCUT2D eigenvalue weighted by atomic mass is 9.87. The van der Waals surface area contributed by atoms with E-state index in [0.29, 0.717) is 24.9 Å². The van der Waals surface area contributed by atoms with Crippen LogP contribution >= 0.6 is 0 Å². The molecule has 2 rings (SSSR count). The summed E-state index contributed by atoms with van der Waals surface area (Å²) in [5.41, 5.74) is 0.148. The molecule has 45 heavy (non-hydrogen) atoms. The monoisotopic (exact) mass is 638 g/mol. The Hall–Kier alpha value is -2.46. The van der Waals surface area contributed by atoms with Crippen LogP contribution in [-0.4, -0.2) is 108 Å². The molecule has 2 aliphatic heterocycles. The second-order valence-corrected chi connectivity index (χ2v) is 14.8. The summed E-state index contributed by atoms with van der Waals surface area (Å²) in [4.78, 5) is 54.6. The number of likely N-dealkylation sites (tertiary alicyclic amines) is 2. The molecule has 1 unspecified atom stereocenters. The molecule has 2 aliphatic rings. The van der Waals surface area contributed by atoms with Crippen LogP contribution in [0.2, 0.25) is 0 Å². The minimum Gasteiger partial charge on any atom is -0.394 e. The van der Waals surface area contributed by atoms with Gasteiger partial charge in [0.25, 0.3) is 0 Å². The highest BCUT2D eigenvalue weighted by molar-refractivity contribution is 5.97. The number of likely N-dealkylation sites (N-methyl/N-ethyl adjacent to an activating group) is 1. The van der Waals surface area contributed by atoms with Gasteiger partial charge in [-0.3, -0.25) is 19.2 Å². The molecule has 4 amide bonds. The summed E-state index contributed by atoms with van der Waals surface area (Å²) >= 11 is 0. The fourth-order valence-corrected chi connectivity index (χ4v) is 5.25. The topological polar surface area (TPSA) is 122 Å². The van der Waals surface area contributed by atoms with Crippen LogP contribution in [0.5, 0.6) is 0 Å². The first kappa shape index (κ1) is 42.5. The van der Waals surface area contributed by atoms with Crippen LogP contribution < -0.4 is 10.6 Å². The van der Waals surface area contributed by atoms with E-state index in [9.17, 15) is 24.3 Å². The Morgan fingerprint density at radius 3 is 1.93 bits per heavy atom. The molecule has 0 aromatic carbocycles. The number of piperidine rings is 1.